The number of anilines is 3. The van der Waals surface area contributed by atoms with Gasteiger partial charge in [-0.25, -0.2) is 4.98 Å². The molecule has 1 saturated heterocycles. The van der Waals surface area contributed by atoms with Crippen LogP contribution in [0.1, 0.15) is 60.9 Å². The van der Waals surface area contributed by atoms with Gasteiger partial charge < -0.3 is 10.2 Å². The number of rotatable bonds is 6. The molecule has 0 aliphatic carbocycles. The molecule has 0 atom stereocenters. The van der Waals surface area contributed by atoms with Crippen molar-refractivity contribution in [2.24, 2.45) is 0 Å². The highest BCUT2D eigenvalue weighted by Gasteiger charge is 2.30. The summed E-state index contributed by atoms with van der Waals surface area (Å²) in [5.41, 5.74) is 2.68. The van der Waals surface area contributed by atoms with Crippen molar-refractivity contribution in [2.45, 2.75) is 51.9 Å². The van der Waals surface area contributed by atoms with Gasteiger partial charge in [-0.1, -0.05) is 18.9 Å². The Hall–Kier alpha value is -2.73. The van der Waals surface area contributed by atoms with Crippen molar-refractivity contribution in [3.63, 3.8) is 0 Å². The Balaban J connectivity index is 1.46. The zero-order chi connectivity index (χ0) is 20.9. The highest BCUT2D eigenvalue weighted by molar-refractivity contribution is 6.17. The molecule has 0 bridgehead atoms. The van der Waals surface area contributed by atoms with Crippen molar-refractivity contribution < 1.29 is 9.59 Å². The molecule has 0 spiro atoms. The molecule has 3 heterocycles. The number of likely N-dealkylation sites (tertiary alicyclic amines) is 1. The van der Waals surface area contributed by atoms with Gasteiger partial charge in [0.1, 0.15) is 0 Å². The highest BCUT2D eigenvalue weighted by Crippen LogP contribution is 2.37. The van der Waals surface area contributed by atoms with E-state index in [-0.39, 0.29) is 11.8 Å². The smallest absolute Gasteiger partial charge is 0.257 e. The number of carbonyl (C=O) groups is 2. The molecule has 30 heavy (non-hydrogen) atoms. The first-order valence-electron chi connectivity index (χ1n) is 11.1. The van der Waals surface area contributed by atoms with Crippen molar-refractivity contribution >= 4 is 29.0 Å². The number of fused-ring (bicyclic) bond motifs is 2. The van der Waals surface area contributed by atoms with E-state index < -0.39 is 0 Å². The molecule has 1 aromatic heterocycles. The van der Waals surface area contributed by atoms with Gasteiger partial charge in [-0.2, -0.15) is 0 Å². The molecule has 1 aromatic carbocycles. The van der Waals surface area contributed by atoms with Crippen LogP contribution < -0.4 is 10.2 Å². The lowest BCUT2D eigenvalue weighted by Crippen LogP contribution is -2.30. The molecule has 2 amide bonds. The largest absolute Gasteiger partial charge is 0.319 e. The van der Waals surface area contributed by atoms with Gasteiger partial charge in [-0.05, 0) is 82.1 Å². The predicted octanol–water partition coefficient (Wildman–Crippen LogP) is 4.67. The molecule has 4 rings (SSSR count). The summed E-state index contributed by atoms with van der Waals surface area (Å²) in [6.45, 7) is 5.52. The highest BCUT2D eigenvalue weighted by atomic mass is 16.2. The summed E-state index contributed by atoms with van der Waals surface area (Å²) < 4.78 is 0. The zero-order valence-corrected chi connectivity index (χ0v) is 17.7. The number of nitrogens with zero attached hydrogens (tertiary/aromatic N) is 3. The first-order valence-corrected chi connectivity index (χ1v) is 11.1. The Morgan fingerprint density at radius 1 is 1.10 bits per heavy atom. The molecule has 6 heteroatoms. The van der Waals surface area contributed by atoms with Crippen LogP contribution in [0.4, 0.5) is 17.2 Å². The third-order valence-corrected chi connectivity index (χ3v) is 5.95. The molecule has 1 N–H and O–H groups in total. The summed E-state index contributed by atoms with van der Waals surface area (Å²) >= 11 is 0. The van der Waals surface area contributed by atoms with Crippen molar-refractivity contribution in [1.29, 1.82) is 0 Å². The van der Waals surface area contributed by atoms with Gasteiger partial charge in [0.25, 0.3) is 5.91 Å². The van der Waals surface area contributed by atoms with E-state index in [1.54, 1.807) is 29.3 Å². The Morgan fingerprint density at radius 2 is 1.93 bits per heavy atom. The summed E-state index contributed by atoms with van der Waals surface area (Å²) in [7, 11) is 0. The number of pyridine rings is 1. The third-order valence-electron chi connectivity index (χ3n) is 5.95. The number of hydrogen-bond donors (Lipinski definition) is 1. The van der Waals surface area contributed by atoms with Crippen molar-refractivity contribution in [3.05, 3.63) is 47.7 Å². The van der Waals surface area contributed by atoms with Crippen LogP contribution >= 0.6 is 0 Å². The standard InChI is InChI=1S/C24H30N4O2/c1-18-11-12-19-21(17-18)28(23-20(26-24(19)30)9-8-13-25-23)22(29)10-4-2-5-14-27-15-6-3-7-16-27/h8-9,11-13,17H,2-7,10,14-16H2,1H3,(H,26,30). The summed E-state index contributed by atoms with van der Waals surface area (Å²) in [4.78, 5) is 34.6. The number of carbonyl (C=O) groups excluding carboxylic acids is 2. The second-order valence-corrected chi connectivity index (χ2v) is 8.29. The van der Waals surface area contributed by atoms with E-state index in [4.69, 9.17) is 0 Å². The van der Waals surface area contributed by atoms with Crippen molar-refractivity contribution in [1.82, 2.24) is 9.88 Å². The maximum atomic E-state index is 13.3. The van der Waals surface area contributed by atoms with Crippen LogP contribution in [0, 0.1) is 6.92 Å². The van der Waals surface area contributed by atoms with Crippen molar-refractivity contribution in [2.75, 3.05) is 29.9 Å². The molecule has 2 aliphatic rings. The van der Waals surface area contributed by atoms with Gasteiger partial charge in [-0.15, -0.1) is 0 Å². The molecular weight excluding hydrogens is 376 g/mol. The molecule has 1 fully saturated rings. The summed E-state index contributed by atoms with van der Waals surface area (Å²) in [5, 5.41) is 2.89. The fourth-order valence-corrected chi connectivity index (χ4v) is 4.33. The van der Waals surface area contributed by atoms with Gasteiger partial charge in [-0.3, -0.25) is 14.5 Å². The Labute approximate surface area is 178 Å². The maximum Gasteiger partial charge on any atom is 0.257 e. The fraction of sp³-hybridized carbons (Fsp3) is 0.458. The third kappa shape index (κ3) is 4.54. The van der Waals surface area contributed by atoms with E-state index >= 15 is 0 Å². The van der Waals surface area contributed by atoms with Crippen LogP contribution in [-0.4, -0.2) is 41.3 Å². The van der Waals surface area contributed by atoms with Gasteiger partial charge in [0, 0.05) is 12.6 Å². The number of aromatic nitrogens is 1. The molecule has 0 unspecified atom stereocenters. The topological polar surface area (TPSA) is 65.5 Å². The van der Waals surface area contributed by atoms with Crippen LogP contribution in [0.2, 0.25) is 0 Å². The van der Waals surface area contributed by atoms with Crippen LogP contribution in [0.3, 0.4) is 0 Å². The Bertz CT molecular complexity index is 921. The first kappa shape index (κ1) is 20.5. The Morgan fingerprint density at radius 3 is 2.77 bits per heavy atom. The molecule has 2 aliphatic heterocycles. The number of benzene rings is 1. The van der Waals surface area contributed by atoms with E-state index in [0.29, 0.717) is 29.2 Å². The number of amides is 2. The monoisotopic (exact) mass is 406 g/mol. The van der Waals surface area contributed by atoms with E-state index in [0.717, 1.165) is 31.4 Å². The molecule has 2 aromatic rings. The average Bonchev–Trinajstić information content (AvgIpc) is 2.87. The number of hydrogen-bond acceptors (Lipinski definition) is 4. The van der Waals surface area contributed by atoms with Crippen LogP contribution in [-0.2, 0) is 4.79 Å². The minimum Gasteiger partial charge on any atom is -0.319 e. The van der Waals surface area contributed by atoms with Crippen LogP contribution in [0.5, 0.6) is 0 Å². The first-order chi connectivity index (χ1) is 14.6. The fourth-order valence-electron chi connectivity index (χ4n) is 4.33. The van der Waals surface area contributed by atoms with E-state index in [1.165, 1.54) is 32.4 Å². The second kappa shape index (κ2) is 9.39. The summed E-state index contributed by atoms with van der Waals surface area (Å²) in [6, 6.07) is 9.13. The van der Waals surface area contributed by atoms with E-state index in [2.05, 4.69) is 15.2 Å². The number of nitrogens with one attached hydrogen (secondary N) is 1. The number of unbranched alkanes of at least 4 members (excludes halogenated alkanes) is 2. The normalized spacial score (nSPS) is 16.4. The molecular formula is C24H30N4O2. The van der Waals surface area contributed by atoms with Gasteiger partial charge in [0.15, 0.2) is 5.82 Å². The lowest BCUT2D eigenvalue weighted by molar-refractivity contribution is -0.118. The average molecular weight is 407 g/mol. The van der Waals surface area contributed by atoms with Crippen LogP contribution in [0.15, 0.2) is 36.5 Å². The molecule has 0 radical (unpaired) electrons. The van der Waals surface area contributed by atoms with Gasteiger partial charge in [0.2, 0.25) is 5.91 Å². The SMILES string of the molecule is Cc1ccc2c(c1)N(C(=O)CCCCCN1CCCCC1)c1ncccc1NC2=O. The van der Waals surface area contributed by atoms with Gasteiger partial charge in [0.05, 0.1) is 16.9 Å². The summed E-state index contributed by atoms with van der Waals surface area (Å²) in [6.07, 6.45) is 9.07. The predicted molar refractivity (Wildman–Crippen MR) is 119 cm³/mol. The summed E-state index contributed by atoms with van der Waals surface area (Å²) in [5.74, 6) is 0.265. The lowest BCUT2D eigenvalue weighted by atomic mass is 10.1. The lowest BCUT2D eigenvalue weighted by Gasteiger charge is -2.26. The second-order valence-electron chi connectivity index (χ2n) is 8.29. The van der Waals surface area contributed by atoms with E-state index in [9.17, 15) is 9.59 Å². The van der Waals surface area contributed by atoms with Crippen molar-refractivity contribution in [3.8, 4) is 0 Å². The molecule has 158 valence electrons. The minimum atomic E-state index is -0.212. The quantitative estimate of drug-likeness (QED) is 0.708. The number of aryl methyl sites for hydroxylation is 1. The van der Waals surface area contributed by atoms with Gasteiger partial charge >= 0.3 is 0 Å². The molecule has 0 saturated carbocycles. The van der Waals surface area contributed by atoms with Crippen LogP contribution in [0.25, 0.3) is 0 Å². The maximum absolute atomic E-state index is 13.3. The van der Waals surface area contributed by atoms with E-state index in [1.807, 2.05) is 19.1 Å². The Kier molecular flexibility index (Phi) is 6.43. The zero-order valence-electron chi connectivity index (χ0n) is 17.7. The molecule has 6 nitrogen and oxygen atoms in total. The minimum absolute atomic E-state index is 0.0173. The number of piperidine rings is 1.